The highest BCUT2D eigenvalue weighted by molar-refractivity contribution is 5.85. The Labute approximate surface area is 99.1 Å². The van der Waals surface area contributed by atoms with Crippen molar-refractivity contribution in [1.29, 1.82) is 0 Å². The van der Waals surface area contributed by atoms with Crippen LogP contribution < -0.4 is 11.0 Å². The van der Waals surface area contributed by atoms with Crippen LogP contribution in [0.4, 0.5) is 0 Å². The molecule has 2 N–H and O–H groups in total. The maximum absolute atomic E-state index is 11.8. The van der Waals surface area contributed by atoms with E-state index in [0.29, 0.717) is 0 Å². The Hall–Kier alpha value is -1.26. The Morgan fingerprint density at radius 2 is 2.31 bits per heavy atom. The number of halogens is 1. The maximum atomic E-state index is 11.8. The molecule has 0 spiro atoms. The zero-order chi connectivity index (χ0) is 10.4. The number of aromatic nitrogens is 2. The van der Waals surface area contributed by atoms with E-state index < -0.39 is 0 Å². The van der Waals surface area contributed by atoms with Crippen molar-refractivity contribution in [2.24, 2.45) is 0 Å². The molecule has 0 bridgehead atoms. The zero-order valence-electron chi connectivity index (χ0n) is 8.99. The third-order valence-electron chi connectivity index (χ3n) is 3.15. The second-order valence-corrected chi connectivity index (χ2v) is 3.96. The smallest absolute Gasteiger partial charge is 0.305 e. The van der Waals surface area contributed by atoms with Crippen molar-refractivity contribution in [3.05, 3.63) is 34.2 Å². The van der Waals surface area contributed by atoms with Crippen LogP contribution in [-0.2, 0) is 6.42 Å². The summed E-state index contributed by atoms with van der Waals surface area (Å²) < 4.78 is 1.83. The van der Waals surface area contributed by atoms with E-state index in [1.54, 1.807) is 0 Å². The number of benzene rings is 1. The van der Waals surface area contributed by atoms with Crippen LogP contribution in [0.15, 0.2) is 23.0 Å². The van der Waals surface area contributed by atoms with Gasteiger partial charge in [0, 0.05) is 0 Å². The normalized spacial score (nSPS) is 18.4. The number of rotatable bonds is 1. The molecule has 2 heterocycles. The fourth-order valence-corrected chi connectivity index (χ4v) is 2.45. The van der Waals surface area contributed by atoms with Crippen LogP contribution in [-0.4, -0.2) is 16.6 Å². The summed E-state index contributed by atoms with van der Waals surface area (Å²) in [4.78, 5) is 14.7. The topological polar surface area (TPSA) is 49.8 Å². The van der Waals surface area contributed by atoms with Gasteiger partial charge in [0.15, 0.2) is 0 Å². The first-order valence-electron chi connectivity index (χ1n) is 5.20. The Bertz CT molecular complexity index is 572. The number of hydrogen-bond acceptors (Lipinski definition) is 2. The number of nitrogens with zero attached hydrogens (tertiary/aromatic N) is 1. The van der Waals surface area contributed by atoms with Crippen molar-refractivity contribution < 1.29 is 0 Å². The number of imidazole rings is 1. The first-order valence-corrected chi connectivity index (χ1v) is 5.20. The number of H-pyrrole nitrogens is 1. The lowest BCUT2D eigenvalue weighted by molar-refractivity contribution is 0.396. The van der Waals surface area contributed by atoms with Crippen molar-refractivity contribution in [2.45, 2.75) is 19.0 Å². The van der Waals surface area contributed by atoms with Gasteiger partial charge in [-0.3, -0.25) is 9.88 Å². The fourth-order valence-electron chi connectivity index (χ4n) is 2.45. The summed E-state index contributed by atoms with van der Waals surface area (Å²) in [6.45, 7) is 0. The van der Waals surface area contributed by atoms with Crippen LogP contribution in [0.1, 0.15) is 18.2 Å². The van der Waals surface area contributed by atoms with E-state index in [-0.39, 0.29) is 24.3 Å². The van der Waals surface area contributed by atoms with Crippen molar-refractivity contribution in [1.82, 2.24) is 14.9 Å². The highest BCUT2D eigenvalue weighted by Gasteiger charge is 2.22. The summed E-state index contributed by atoms with van der Waals surface area (Å²) in [5, 5.41) is 3.17. The molecule has 0 aliphatic carbocycles. The lowest BCUT2D eigenvalue weighted by Gasteiger charge is -2.23. The van der Waals surface area contributed by atoms with Gasteiger partial charge >= 0.3 is 5.69 Å². The minimum absolute atomic E-state index is 0. The van der Waals surface area contributed by atoms with Crippen molar-refractivity contribution in [2.75, 3.05) is 7.05 Å². The number of para-hydroxylation sites is 1. The summed E-state index contributed by atoms with van der Waals surface area (Å²) in [6.07, 6.45) is 2.13. The number of nitrogens with one attached hydrogen (secondary N) is 2. The lowest BCUT2D eigenvalue weighted by atomic mass is 10.0. The van der Waals surface area contributed by atoms with E-state index in [0.717, 1.165) is 23.9 Å². The minimum atomic E-state index is -0.0171. The van der Waals surface area contributed by atoms with Crippen LogP contribution in [0.3, 0.4) is 0 Å². The monoisotopic (exact) mass is 239 g/mol. The Balaban J connectivity index is 0.000000963. The lowest BCUT2D eigenvalue weighted by Crippen LogP contribution is -2.33. The van der Waals surface area contributed by atoms with Gasteiger partial charge in [-0.05, 0) is 31.5 Å². The van der Waals surface area contributed by atoms with Gasteiger partial charge in [-0.1, -0.05) is 12.1 Å². The SMILES string of the molecule is CNC1CCc2cccc3[nH]c(=O)n1c23.Cl. The van der Waals surface area contributed by atoms with Gasteiger partial charge in [-0.25, -0.2) is 4.79 Å². The molecule has 86 valence electrons. The Morgan fingerprint density at radius 3 is 3.06 bits per heavy atom. The Kier molecular flexibility index (Phi) is 2.78. The molecule has 1 aliphatic heterocycles. The quantitative estimate of drug-likeness (QED) is 0.791. The first kappa shape index (κ1) is 11.2. The van der Waals surface area contributed by atoms with Crippen molar-refractivity contribution in [3.63, 3.8) is 0 Å². The molecule has 0 saturated carbocycles. The second kappa shape index (κ2) is 3.96. The van der Waals surface area contributed by atoms with Crippen LogP contribution in [0.5, 0.6) is 0 Å². The molecule has 1 unspecified atom stereocenters. The Morgan fingerprint density at radius 1 is 1.50 bits per heavy atom. The third kappa shape index (κ3) is 1.37. The number of aryl methyl sites for hydroxylation is 1. The molecule has 0 radical (unpaired) electrons. The largest absolute Gasteiger partial charge is 0.327 e. The molecular formula is C11H14ClN3O. The molecule has 16 heavy (non-hydrogen) atoms. The van der Waals surface area contributed by atoms with E-state index in [9.17, 15) is 4.79 Å². The van der Waals surface area contributed by atoms with Gasteiger partial charge in [0.05, 0.1) is 17.2 Å². The molecule has 0 saturated heterocycles. The molecule has 2 aromatic rings. The molecule has 1 aliphatic rings. The van der Waals surface area contributed by atoms with Gasteiger partial charge in [0.2, 0.25) is 0 Å². The third-order valence-corrected chi connectivity index (χ3v) is 3.15. The highest BCUT2D eigenvalue weighted by Crippen LogP contribution is 2.26. The molecule has 3 rings (SSSR count). The molecule has 4 nitrogen and oxygen atoms in total. The molecule has 1 aromatic heterocycles. The zero-order valence-corrected chi connectivity index (χ0v) is 9.80. The van der Waals surface area contributed by atoms with E-state index in [2.05, 4.69) is 16.4 Å². The molecule has 0 fully saturated rings. The maximum Gasteiger partial charge on any atom is 0.327 e. The summed E-state index contributed by atoms with van der Waals surface area (Å²) in [5.41, 5.74) is 3.25. The van der Waals surface area contributed by atoms with Gasteiger partial charge in [-0.15, -0.1) is 12.4 Å². The van der Waals surface area contributed by atoms with E-state index in [4.69, 9.17) is 0 Å². The summed E-state index contributed by atoms with van der Waals surface area (Å²) >= 11 is 0. The molecule has 5 heteroatoms. The van der Waals surface area contributed by atoms with Crippen LogP contribution in [0, 0.1) is 0 Å². The van der Waals surface area contributed by atoms with Crippen LogP contribution >= 0.6 is 12.4 Å². The summed E-state index contributed by atoms with van der Waals surface area (Å²) in [5.74, 6) is 0. The van der Waals surface area contributed by atoms with Gasteiger partial charge in [0.1, 0.15) is 0 Å². The summed E-state index contributed by atoms with van der Waals surface area (Å²) in [7, 11) is 1.89. The fraction of sp³-hybridized carbons (Fsp3) is 0.364. The van der Waals surface area contributed by atoms with Crippen molar-refractivity contribution >= 4 is 23.4 Å². The van der Waals surface area contributed by atoms with Crippen LogP contribution in [0.25, 0.3) is 11.0 Å². The predicted molar refractivity (Wildman–Crippen MR) is 66.2 cm³/mol. The average molecular weight is 240 g/mol. The van der Waals surface area contributed by atoms with Crippen LogP contribution in [0.2, 0.25) is 0 Å². The number of hydrogen-bond donors (Lipinski definition) is 2. The first-order chi connectivity index (χ1) is 7.31. The predicted octanol–water partition coefficient (Wildman–Crippen LogP) is 1.42. The average Bonchev–Trinajstić information content (AvgIpc) is 2.59. The molecule has 0 amide bonds. The van der Waals surface area contributed by atoms with E-state index in [1.807, 2.05) is 23.7 Å². The standard InChI is InChI=1S/C11H13N3O.ClH/c1-12-9-6-5-7-3-2-4-8-10(7)14(9)11(15)13-8;/h2-4,9,12H,5-6H2,1H3,(H,13,15);1H. The second-order valence-electron chi connectivity index (χ2n) is 3.96. The van der Waals surface area contributed by atoms with Crippen molar-refractivity contribution in [3.8, 4) is 0 Å². The van der Waals surface area contributed by atoms with Gasteiger partial charge in [0.25, 0.3) is 0 Å². The minimum Gasteiger partial charge on any atom is -0.305 e. The van der Waals surface area contributed by atoms with E-state index >= 15 is 0 Å². The van der Waals surface area contributed by atoms with E-state index in [1.165, 1.54) is 5.56 Å². The molecule has 1 atom stereocenters. The van der Waals surface area contributed by atoms with Gasteiger partial charge in [-0.2, -0.15) is 0 Å². The molecular weight excluding hydrogens is 226 g/mol. The highest BCUT2D eigenvalue weighted by atomic mass is 35.5. The summed E-state index contributed by atoms with van der Waals surface area (Å²) in [6, 6.07) is 6.05. The molecule has 1 aromatic carbocycles. The van der Waals surface area contributed by atoms with Gasteiger partial charge < -0.3 is 4.98 Å². The number of aromatic amines is 1.